The van der Waals surface area contributed by atoms with E-state index in [9.17, 15) is 13.6 Å². The van der Waals surface area contributed by atoms with Gasteiger partial charge in [-0.15, -0.1) is 0 Å². The zero-order valence-corrected chi connectivity index (χ0v) is 15.0. The van der Waals surface area contributed by atoms with Crippen molar-refractivity contribution in [2.24, 2.45) is 0 Å². The van der Waals surface area contributed by atoms with Crippen molar-refractivity contribution < 1.29 is 13.6 Å². The molecule has 0 spiro atoms. The third-order valence-electron chi connectivity index (χ3n) is 4.86. The fourth-order valence-corrected chi connectivity index (χ4v) is 3.44. The number of hydrogen-bond acceptors (Lipinski definition) is 6. The second kappa shape index (κ2) is 7.97. The highest BCUT2D eigenvalue weighted by Gasteiger charge is 2.25. The van der Waals surface area contributed by atoms with Crippen molar-refractivity contribution in [3.8, 4) is 5.95 Å². The zero-order valence-electron chi connectivity index (χ0n) is 15.0. The van der Waals surface area contributed by atoms with Crippen LogP contribution in [0.1, 0.15) is 36.2 Å². The standard InChI is InChI=1S/C17H20F2N8O/c18-13(19)8-21-10-1-3-11(4-2-10)23-16(28)15-14-12(7-22-26-14)24-17(25-15)27-6-5-20-9-27/h5-7,9-11,13,21H,1-4,8H2,(H,22,26)(H,23,28). The second-order valence-corrected chi connectivity index (χ2v) is 6.79. The molecule has 0 atom stereocenters. The van der Waals surface area contributed by atoms with E-state index in [1.54, 1.807) is 23.3 Å². The second-order valence-electron chi connectivity index (χ2n) is 6.79. The Hall–Kier alpha value is -2.95. The van der Waals surface area contributed by atoms with Crippen LogP contribution in [-0.2, 0) is 0 Å². The van der Waals surface area contributed by atoms with E-state index >= 15 is 0 Å². The number of H-pyrrole nitrogens is 1. The number of imidazole rings is 1. The third kappa shape index (κ3) is 3.98. The number of hydrogen-bond donors (Lipinski definition) is 3. The molecule has 1 amide bonds. The van der Waals surface area contributed by atoms with Crippen molar-refractivity contribution in [2.75, 3.05) is 6.54 Å². The first-order chi connectivity index (χ1) is 13.6. The SMILES string of the molecule is O=C(NC1CCC(NCC(F)F)CC1)c1nc(-n2ccnc2)nc2cn[nH]c12. The molecule has 0 saturated heterocycles. The highest BCUT2D eigenvalue weighted by molar-refractivity contribution is 6.02. The summed E-state index contributed by atoms with van der Waals surface area (Å²) < 4.78 is 26.2. The Kier molecular flexibility index (Phi) is 5.24. The number of carbonyl (C=O) groups is 1. The fourth-order valence-electron chi connectivity index (χ4n) is 3.44. The highest BCUT2D eigenvalue weighted by atomic mass is 19.3. The van der Waals surface area contributed by atoms with Crippen LogP contribution >= 0.6 is 0 Å². The van der Waals surface area contributed by atoms with Gasteiger partial charge in [0, 0.05) is 24.5 Å². The molecule has 1 aliphatic rings. The molecule has 3 aromatic heterocycles. The highest BCUT2D eigenvalue weighted by Crippen LogP contribution is 2.20. The summed E-state index contributed by atoms with van der Waals surface area (Å²) in [6.07, 6.45) is 6.94. The van der Waals surface area contributed by atoms with Crippen LogP contribution < -0.4 is 10.6 Å². The van der Waals surface area contributed by atoms with Crippen molar-refractivity contribution in [1.29, 1.82) is 0 Å². The third-order valence-corrected chi connectivity index (χ3v) is 4.86. The van der Waals surface area contributed by atoms with Gasteiger partial charge in [0.2, 0.25) is 5.95 Å². The zero-order chi connectivity index (χ0) is 19.5. The molecule has 148 valence electrons. The van der Waals surface area contributed by atoms with E-state index in [0.717, 1.165) is 25.7 Å². The minimum Gasteiger partial charge on any atom is -0.348 e. The van der Waals surface area contributed by atoms with E-state index < -0.39 is 6.43 Å². The van der Waals surface area contributed by atoms with Crippen LogP contribution in [0.5, 0.6) is 0 Å². The minimum atomic E-state index is -2.35. The molecule has 0 aromatic carbocycles. The summed E-state index contributed by atoms with van der Waals surface area (Å²) in [7, 11) is 0. The van der Waals surface area contributed by atoms with Crippen LogP contribution in [0.4, 0.5) is 8.78 Å². The summed E-state index contributed by atoms with van der Waals surface area (Å²) in [5, 5.41) is 12.6. The van der Waals surface area contributed by atoms with E-state index in [-0.39, 0.29) is 30.2 Å². The lowest BCUT2D eigenvalue weighted by molar-refractivity contribution is 0.0918. The van der Waals surface area contributed by atoms with E-state index in [1.165, 1.54) is 6.20 Å². The summed E-state index contributed by atoms with van der Waals surface area (Å²) >= 11 is 0. The Morgan fingerprint density at radius 1 is 1.25 bits per heavy atom. The monoisotopic (exact) mass is 390 g/mol. The van der Waals surface area contributed by atoms with Crippen molar-refractivity contribution in [1.82, 2.24) is 40.3 Å². The summed E-state index contributed by atoms with van der Waals surface area (Å²) in [4.78, 5) is 25.6. The quantitative estimate of drug-likeness (QED) is 0.587. The van der Waals surface area contributed by atoms with Gasteiger partial charge in [0.05, 0.1) is 12.7 Å². The molecule has 9 nitrogen and oxygen atoms in total. The molecule has 0 bridgehead atoms. The fraction of sp³-hybridized carbons (Fsp3) is 0.471. The first-order valence-electron chi connectivity index (χ1n) is 9.12. The molecule has 28 heavy (non-hydrogen) atoms. The van der Waals surface area contributed by atoms with Crippen molar-refractivity contribution in [3.05, 3.63) is 30.6 Å². The molecule has 1 aliphatic carbocycles. The number of rotatable bonds is 6. The number of amides is 1. The predicted molar refractivity (Wildman–Crippen MR) is 96.3 cm³/mol. The molecule has 3 heterocycles. The molecule has 3 N–H and O–H groups in total. The van der Waals surface area contributed by atoms with E-state index in [4.69, 9.17) is 0 Å². The maximum absolute atomic E-state index is 12.9. The van der Waals surface area contributed by atoms with E-state index in [1.807, 2.05) is 0 Å². The molecule has 4 rings (SSSR count). The topological polar surface area (TPSA) is 113 Å². The Morgan fingerprint density at radius 2 is 2.04 bits per heavy atom. The van der Waals surface area contributed by atoms with Crippen LogP contribution in [0.2, 0.25) is 0 Å². The van der Waals surface area contributed by atoms with Crippen molar-refractivity contribution in [2.45, 2.75) is 44.2 Å². The molecule has 3 aromatic rings. The van der Waals surface area contributed by atoms with Gasteiger partial charge in [0.1, 0.15) is 17.4 Å². The number of nitrogens with zero attached hydrogens (tertiary/aromatic N) is 5. The molecular weight excluding hydrogens is 370 g/mol. The number of nitrogens with one attached hydrogen (secondary N) is 3. The molecular formula is C17H20F2N8O. The van der Waals surface area contributed by atoms with Gasteiger partial charge in [-0.25, -0.2) is 23.7 Å². The molecule has 1 fully saturated rings. The Balaban J connectivity index is 1.45. The molecule has 0 aliphatic heterocycles. The average Bonchev–Trinajstić information content (AvgIpc) is 3.38. The van der Waals surface area contributed by atoms with Gasteiger partial charge in [-0.05, 0) is 25.7 Å². The Labute approximate surface area is 159 Å². The number of aromatic amines is 1. The number of aromatic nitrogens is 6. The normalized spacial score (nSPS) is 20.0. The van der Waals surface area contributed by atoms with Crippen molar-refractivity contribution in [3.63, 3.8) is 0 Å². The largest absolute Gasteiger partial charge is 0.348 e. The lowest BCUT2D eigenvalue weighted by atomic mass is 9.91. The minimum absolute atomic E-state index is 0.0262. The van der Waals surface area contributed by atoms with Gasteiger partial charge in [-0.3, -0.25) is 14.5 Å². The van der Waals surface area contributed by atoms with Crippen LogP contribution in [0.15, 0.2) is 24.9 Å². The first kappa shape index (κ1) is 18.4. The molecule has 0 unspecified atom stereocenters. The Bertz CT molecular complexity index is 934. The van der Waals surface area contributed by atoms with Gasteiger partial charge in [0.25, 0.3) is 12.3 Å². The van der Waals surface area contributed by atoms with Gasteiger partial charge in [-0.2, -0.15) is 5.10 Å². The smallest absolute Gasteiger partial charge is 0.272 e. The van der Waals surface area contributed by atoms with Gasteiger partial charge in [-0.1, -0.05) is 0 Å². The number of carbonyl (C=O) groups excluding carboxylic acids is 1. The van der Waals surface area contributed by atoms with Crippen LogP contribution in [0.3, 0.4) is 0 Å². The van der Waals surface area contributed by atoms with E-state index in [2.05, 4.69) is 35.8 Å². The van der Waals surface area contributed by atoms with Gasteiger partial charge >= 0.3 is 0 Å². The first-order valence-corrected chi connectivity index (χ1v) is 9.12. The van der Waals surface area contributed by atoms with Gasteiger partial charge in [0.15, 0.2) is 5.69 Å². The maximum Gasteiger partial charge on any atom is 0.272 e. The summed E-state index contributed by atoms with van der Waals surface area (Å²) in [6, 6.07) is 0.0371. The molecule has 11 heteroatoms. The van der Waals surface area contributed by atoms with Crippen LogP contribution in [0, 0.1) is 0 Å². The lowest BCUT2D eigenvalue weighted by Crippen LogP contribution is -2.43. The maximum atomic E-state index is 12.9. The number of fused-ring (bicyclic) bond motifs is 1. The number of halogens is 2. The van der Waals surface area contributed by atoms with Crippen LogP contribution in [0.25, 0.3) is 17.0 Å². The van der Waals surface area contributed by atoms with Crippen LogP contribution in [-0.4, -0.2) is 60.7 Å². The summed E-state index contributed by atoms with van der Waals surface area (Å²) in [6.45, 7) is -0.294. The Morgan fingerprint density at radius 3 is 2.75 bits per heavy atom. The average molecular weight is 390 g/mol. The lowest BCUT2D eigenvalue weighted by Gasteiger charge is -2.29. The summed E-state index contributed by atoms with van der Waals surface area (Å²) in [5.74, 6) is 0.0125. The predicted octanol–water partition coefficient (Wildman–Crippen LogP) is 1.43. The molecule has 0 radical (unpaired) electrons. The molecule has 1 saturated carbocycles. The number of alkyl halides is 2. The summed E-state index contributed by atoms with van der Waals surface area (Å²) in [5.41, 5.74) is 1.21. The van der Waals surface area contributed by atoms with E-state index in [0.29, 0.717) is 17.0 Å². The van der Waals surface area contributed by atoms with Gasteiger partial charge < -0.3 is 10.6 Å². The van der Waals surface area contributed by atoms with Crippen molar-refractivity contribution >= 4 is 16.9 Å².